The first-order valence-electron chi connectivity index (χ1n) is 7.89. The van der Waals surface area contributed by atoms with Gasteiger partial charge >= 0.3 is 0 Å². The Bertz CT molecular complexity index is 448. The van der Waals surface area contributed by atoms with Gasteiger partial charge in [0.05, 0.1) is 6.61 Å². The number of hydrogen-bond acceptors (Lipinski definition) is 3. The van der Waals surface area contributed by atoms with E-state index in [2.05, 4.69) is 26.1 Å². The number of amides is 1. The molecule has 21 heavy (non-hydrogen) atoms. The molecular formula is C17H26N2O2. The van der Waals surface area contributed by atoms with E-state index in [1.165, 1.54) is 0 Å². The third-order valence-corrected chi connectivity index (χ3v) is 3.93. The van der Waals surface area contributed by atoms with Gasteiger partial charge in [0, 0.05) is 30.7 Å². The van der Waals surface area contributed by atoms with Crippen molar-refractivity contribution in [2.45, 2.75) is 45.7 Å². The number of carbonyl (C=O) groups excluding carboxylic acids is 1. The SMILES string of the molecule is CCCCOc1ccc(C(=O)N2C(C)CNCC2C)cc1. The van der Waals surface area contributed by atoms with Gasteiger partial charge in [-0.3, -0.25) is 4.79 Å². The van der Waals surface area contributed by atoms with Crippen molar-refractivity contribution in [2.24, 2.45) is 0 Å². The fraction of sp³-hybridized carbons (Fsp3) is 0.588. The van der Waals surface area contributed by atoms with Crippen LogP contribution < -0.4 is 10.1 Å². The molecule has 2 unspecified atom stereocenters. The number of nitrogens with zero attached hydrogens (tertiary/aromatic N) is 1. The van der Waals surface area contributed by atoms with Gasteiger partial charge in [0.2, 0.25) is 0 Å². The molecule has 1 aliphatic heterocycles. The van der Waals surface area contributed by atoms with Crippen molar-refractivity contribution in [1.82, 2.24) is 10.2 Å². The average molecular weight is 290 g/mol. The highest BCUT2D eigenvalue weighted by atomic mass is 16.5. The maximum atomic E-state index is 12.6. The Labute approximate surface area is 127 Å². The zero-order chi connectivity index (χ0) is 15.2. The van der Waals surface area contributed by atoms with Gasteiger partial charge < -0.3 is 15.0 Å². The van der Waals surface area contributed by atoms with E-state index in [1.807, 2.05) is 29.2 Å². The van der Waals surface area contributed by atoms with Crippen molar-refractivity contribution in [3.8, 4) is 5.75 Å². The van der Waals surface area contributed by atoms with Gasteiger partial charge in [0.25, 0.3) is 5.91 Å². The van der Waals surface area contributed by atoms with E-state index in [9.17, 15) is 4.79 Å². The van der Waals surface area contributed by atoms with Crippen LogP contribution in [0.4, 0.5) is 0 Å². The number of rotatable bonds is 5. The summed E-state index contributed by atoms with van der Waals surface area (Å²) in [4.78, 5) is 14.6. The van der Waals surface area contributed by atoms with Crippen LogP contribution in [0.2, 0.25) is 0 Å². The van der Waals surface area contributed by atoms with Gasteiger partial charge in [-0.25, -0.2) is 0 Å². The minimum Gasteiger partial charge on any atom is -0.494 e. The average Bonchev–Trinajstić information content (AvgIpc) is 2.48. The maximum absolute atomic E-state index is 12.6. The molecule has 1 N–H and O–H groups in total. The van der Waals surface area contributed by atoms with Crippen LogP contribution in [0.5, 0.6) is 5.75 Å². The van der Waals surface area contributed by atoms with E-state index in [0.29, 0.717) is 0 Å². The first-order valence-corrected chi connectivity index (χ1v) is 7.89. The van der Waals surface area contributed by atoms with Crippen LogP contribution in [0.3, 0.4) is 0 Å². The number of benzene rings is 1. The van der Waals surface area contributed by atoms with Crippen LogP contribution in [0.25, 0.3) is 0 Å². The molecular weight excluding hydrogens is 264 g/mol. The minimum atomic E-state index is 0.108. The van der Waals surface area contributed by atoms with E-state index < -0.39 is 0 Å². The van der Waals surface area contributed by atoms with Crippen LogP contribution in [-0.4, -0.2) is 42.6 Å². The van der Waals surface area contributed by atoms with Gasteiger partial charge in [0.15, 0.2) is 0 Å². The van der Waals surface area contributed by atoms with Gasteiger partial charge in [0.1, 0.15) is 5.75 Å². The molecule has 2 rings (SSSR count). The Hall–Kier alpha value is -1.55. The van der Waals surface area contributed by atoms with Gasteiger partial charge in [-0.2, -0.15) is 0 Å². The first-order chi connectivity index (χ1) is 10.1. The molecule has 4 heteroatoms. The summed E-state index contributed by atoms with van der Waals surface area (Å²) in [5.41, 5.74) is 0.735. The lowest BCUT2D eigenvalue weighted by atomic mass is 10.1. The second-order valence-corrected chi connectivity index (χ2v) is 5.80. The molecule has 1 heterocycles. The molecule has 0 aromatic heterocycles. The first kappa shape index (κ1) is 15.8. The number of unbranched alkanes of at least 4 members (excludes halogenated alkanes) is 1. The summed E-state index contributed by atoms with van der Waals surface area (Å²) < 4.78 is 5.63. The lowest BCUT2D eigenvalue weighted by Gasteiger charge is -2.39. The molecule has 1 aliphatic rings. The molecule has 4 nitrogen and oxygen atoms in total. The molecule has 116 valence electrons. The largest absolute Gasteiger partial charge is 0.494 e. The van der Waals surface area contributed by atoms with Crippen molar-refractivity contribution >= 4 is 5.91 Å². The molecule has 0 radical (unpaired) electrons. The summed E-state index contributed by atoms with van der Waals surface area (Å²) in [5.74, 6) is 0.943. The maximum Gasteiger partial charge on any atom is 0.254 e. The summed E-state index contributed by atoms with van der Waals surface area (Å²) in [6.07, 6.45) is 2.17. The molecule has 1 saturated heterocycles. The van der Waals surface area contributed by atoms with Crippen LogP contribution >= 0.6 is 0 Å². The van der Waals surface area contributed by atoms with Crippen molar-refractivity contribution in [1.29, 1.82) is 0 Å². The molecule has 1 aromatic carbocycles. The van der Waals surface area contributed by atoms with E-state index in [4.69, 9.17) is 4.74 Å². The number of nitrogens with one attached hydrogen (secondary N) is 1. The fourth-order valence-electron chi connectivity index (χ4n) is 2.71. The Morgan fingerprint density at radius 2 is 1.86 bits per heavy atom. The quantitative estimate of drug-likeness (QED) is 0.848. The van der Waals surface area contributed by atoms with Crippen molar-refractivity contribution in [3.63, 3.8) is 0 Å². The third-order valence-electron chi connectivity index (χ3n) is 3.93. The molecule has 1 fully saturated rings. The molecule has 0 spiro atoms. The standard InChI is InChI=1S/C17H26N2O2/c1-4-5-10-21-16-8-6-15(7-9-16)17(20)19-13(2)11-18-12-14(19)3/h6-9,13-14,18H,4-5,10-12H2,1-3H3. The molecule has 1 amide bonds. The number of piperazine rings is 1. The van der Waals surface area contributed by atoms with Crippen LogP contribution in [0.1, 0.15) is 44.0 Å². The van der Waals surface area contributed by atoms with E-state index in [-0.39, 0.29) is 18.0 Å². The summed E-state index contributed by atoms with van der Waals surface area (Å²) in [5, 5.41) is 3.34. The summed E-state index contributed by atoms with van der Waals surface area (Å²) in [6.45, 7) is 8.75. The second-order valence-electron chi connectivity index (χ2n) is 5.80. The number of ether oxygens (including phenoxy) is 1. The zero-order valence-corrected chi connectivity index (χ0v) is 13.3. The Morgan fingerprint density at radius 3 is 2.43 bits per heavy atom. The molecule has 1 aromatic rings. The third kappa shape index (κ3) is 3.97. The van der Waals surface area contributed by atoms with Crippen LogP contribution in [0, 0.1) is 0 Å². The smallest absolute Gasteiger partial charge is 0.254 e. The normalized spacial score (nSPS) is 22.1. The highest BCUT2D eigenvalue weighted by Gasteiger charge is 2.29. The van der Waals surface area contributed by atoms with Gasteiger partial charge in [-0.15, -0.1) is 0 Å². The number of carbonyl (C=O) groups is 1. The Morgan fingerprint density at radius 1 is 1.24 bits per heavy atom. The van der Waals surface area contributed by atoms with Gasteiger partial charge in [-0.05, 0) is 44.5 Å². The van der Waals surface area contributed by atoms with E-state index >= 15 is 0 Å². The van der Waals surface area contributed by atoms with Gasteiger partial charge in [-0.1, -0.05) is 13.3 Å². The monoisotopic (exact) mass is 290 g/mol. The highest BCUT2D eigenvalue weighted by molar-refractivity contribution is 5.94. The van der Waals surface area contributed by atoms with E-state index in [0.717, 1.165) is 43.9 Å². The zero-order valence-electron chi connectivity index (χ0n) is 13.3. The second kappa shape index (κ2) is 7.46. The van der Waals surface area contributed by atoms with Crippen molar-refractivity contribution in [3.05, 3.63) is 29.8 Å². The minimum absolute atomic E-state index is 0.108. The lowest BCUT2D eigenvalue weighted by molar-refractivity contribution is 0.0544. The molecule has 0 aliphatic carbocycles. The molecule has 2 atom stereocenters. The summed E-state index contributed by atoms with van der Waals surface area (Å²) in [7, 11) is 0. The van der Waals surface area contributed by atoms with Crippen LogP contribution in [-0.2, 0) is 0 Å². The van der Waals surface area contributed by atoms with E-state index in [1.54, 1.807) is 0 Å². The predicted octanol–water partition coefficient (Wildman–Crippen LogP) is 2.69. The van der Waals surface area contributed by atoms with Crippen molar-refractivity contribution in [2.75, 3.05) is 19.7 Å². The topological polar surface area (TPSA) is 41.6 Å². The molecule has 0 bridgehead atoms. The highest BCUT2D eigenvalue weighted by Crippen LogP contribution is 2.18. The Kier molecular flexibility index (Phi) is 5.62. The Balaban J connectivity index is 2.02. The summed E-state index contributed by atoms with van der Waals surface area (Å²) >= 11 is 0. The van der Waals surface area contributed by atoms with Crippen LogP contribution in [0.15, 0.2) is 24.3 Å². The lowest BCUT2D eigenvalue weighted by Crippen LogP contribution is -2.57. The summed E-state index contributed by atoms with van der Waals surface area (Å²) in [6, 6.07) is 7.96. The van der Waals surface area contributed by atoms with Crippen molar-refractivity contribution < 1.29 is 9.53 Å². The fourth-order valence-corrected chi connectivity index (χ4v) is 2.71. The molecule has 0 saturated carbocycles. The predicted molar refractivity (Wildman–Crippen MR) is 84.8 cm³/mol. The number of hydrogen-bond donors (Lipinski definition) is 1.